The van der Waals surface area contributed by atoms with E-state index in [1.54, 1.807) is 0 Å². The molecule has 1 aliphatic heterocycles. The van der Waals surface area contributed by atoms with E-state index in [4.69, 9.17) is 0 Å². The van der Waals surface area contributed by atoms with E-state index in [0.29, 0.717) is 12.6 Å². The first-order valence-corrected chi connectivity index (χ1v) is 1.96. The quantitative estimate of drug-likeness (QED) is 0.414. The standard InChI is InChI=1S/C4H6NO/c1-4-2-6-3-5-4/h4H,2H2,1H3/t4-/m0/s1. The molecule has 0 amide bonds. The van der Waals surface area contributed by atoms with Crippen molar-refractivity contribution in [2.45, 2.75) is 13.0 Å². The molecule has 0 bridgehead atoms. The molecule has 0 aromatic rings. The molecule has 1 heterocycles. The van der Waals surface area contributed by atoms with Gasteiger partial charge < -0.3 is 4.74 Å². The van der Waals surface area contributed by atoms with Crippen LogP contribution in [0.2, 0.25) is 0 Å². The van der Waals surface area contributed by atoms with Gasteiger partial charge in [-0.15, -0.1) is 0 Å². The van der Waals surface area contributed by atoms with Crippen LogP contribution in [-0.4, -0.2) is 19.0 Å². The predicted molar refractivity (Wildman–Crippen MR) is 22.8 cm³/mol. The Labute approximate surface area is 36.8 Å². The summed E-state index contributed by atoms with van der Waals surface area (Å²) in [6.07, 6.45) is 2.40. The summed E-state index contributed by atoms with van der Waals surface area (Å²) in [6, 6.07) is 0.338. The molecular weight excluding hydrogens is 78.1 g/mol. The molecule has 0 saturated carbocycles. The third-order valence-corrected chi connectivity index (χ3v) is 0.662. The Hall–Kier alpha value is -0.530. The normalized spacial score (nSPS) is 30.5. The summed E-state index contributed by atoms with van der Waals surface area (Å²) in [7, 11) is 0. The molecule has 0 unspecified atom stereocenters. The van der Waals surface area contributed by atoms with Gasteiger partial charge in [0.05, 0.1) is 6.04 Å². The number of hydrogen-bond acceptors (Lipinski definition) is 2. The molecule has 1 atom stereocenters. The summed E-state index contributed by atoms with van der Waals surface area (Å²) < 4.78 is 4.64. The SMILES string of the molecule is C[C@H]1CO[C]=N1. The van der Waals surface area contributed by atoms with Gasteiger partial charge in [0.1, 0.15) is 6.61 Å². The number of ether oxygens (including phenoxy) is 1. The van der Waals surface area contributed by atoms with Crippen LogP contribution in [0.3, 0.4) is 0 Å². The highest BCUT2D eigenvalue weighted by molar-refractivity contribution is 5.48. The molecule has 0 fully saturated rings. The van der Waals surface area contributed by atoms with Crippen LogP contribution in [0.5, 0.6) is 0 Å². The van der Waals surface area contributed by atoms with Gasteiger partial charge in [-0.2, -0.15) is 0 Å². The highest BCUT2D eigenvalue weighted by atomic mass is 16.5. The second kappa shape index (κ2) is 1.29. The van der Waals surface area contributed by atoms with E-state index in [1.165, 1.54) is 0 Å². The maximum Gasteiger partial charge on any atom is 0.273 e. The van der Waals surface area contributed by atoms with Crippen LogP contribution in [0.25, 0.3) is 0 Å². The third kappa shape index (κ3) is 0.506. The van der Waals surface area contributed by atoms with E-state index >= 15 is 0 Å². The monoisotopic (exact) mass is 84.0 g/mol. The molecule has 2 nitrogen and oxygen atoms in total. The molecule has 0 aromatic carbocycles. The lowest BCUT2D eigenvalue weighted by atomic mass is 10.4. The van der Waals surface area contributed by atoms with Crippen molar-refractivity contribution in [2.75, 3.05) is 6.61 Å². The minimum absolute atomic E-state index is 0.338. The van der Waals surface area contributed by atoms with E-state index in [1.807, 2.05) is 6.92 Å². The highest BCUT2D eigenvalue weighted by Gasteiger charge is 2.02. The van der Waals surface area contributed by atoms with Crippen LogP contribution in [0, 0.1) is 0 Å². The van der Waals surface area contributed by atoms with Crippen molar-refractivity contribution in [3.05, 3.63) is 0 Å². The van der Waals surface area contributed by atoms with Gasteiger partial charge in [-0.1, -0.05) is 0 Å². The zero-order chi connectivity index (χ0) is 4.41. The van der Waals surface area contributed by atoms with Gasteiger partial charge in [0, 0.05) is 0 Å². The lowest BCUT2D eigenvalue weighted by Crippen LogP contribution is -1.97. The van der Waals surface area contributed by atoms with Gasteiger partial charge >= 0.3 is 0 Å². The molecule has 0 N–H and O–H groups in total. The van der Waals surface area contributed by atoms with Crippen molar-refractivity contribution in [3.8, 4) is 0 Å². The summed E-state index contributed by atoms with van der Waals surface area (Å²) in [4.78, 5) is 3.76. The molecule has 6 heavy (non-hydrogen) atoms. The molecular formula is C4H6NO. The topological polar surface area (TPSA) is 21.6 Å². The maximum absolute atomic E-state index is 4.64. The predicted octanol–water partition coefficient (Wildman–Crippen LogP) is 0.310. The van der Waals surface area contributed by atoms with E-state index in [2.05, 4.69) is 16.1 Å². The Bertz CT molecular complexity index is 69.9. The zero-order valence-corrected chi connectivity index (χ0v) is 3.64. The summed E-state index contributed by atoms with van der Waals surface area (Å²) in [5.41, 5.74) is 0. The summed E-state index contributed by atoms with van der Waals surface area (Å²) >= 11 is 0. The Balaban J connectivity index is 2.38. The second-order valence-corrected chi connectivity index (χ2v) is 1.38. The van der Waals surface area contributed by atoms with Gasteiger partial charge in [0.25, 0.3) is 6.40 Å². The lowest BCUT2D eigenvalue weighted by molar-refractivity contribution is 0.335. The second-order valence-electron chi connectivity index (χ2n) is 1.38. The first kappa shape index (κ1) is 3.65. The van der Waals surface area contributed by atoms with Crippen LogP contribution in [0.4, 0.5) is 0 Å². The average molecular weight is 84.1 g/mol. The van der Waals surface area contributed by atoms with Crippen LogP contribution in [0.15, 0.2) is 4.99 Å². The van der Waals surface area contributed by atoms with Crippen molar-refractivity contribution in [2.24, 2.45) is 4.99 Å². The van der Waals surface area contributed by atoms with Crippen LogP contribution < -0.4 is 0 Å². The summed E-state index contributed by atoms with van der Waals surface area (Å²) in [6.45, 7) is 2.69. The number of aliphatic imine (C=N–C) groups is 1. The molecule has 0 spiro atoms. The summed E-state index contributed by atoms with van der Waals surface area (Å²) in [5, 5.41) is 0. The van der Waals surface area contributed by atoms with Gasteiger partial charge in [0.2, 0.25) is 0 Å². The van der Waals surface area contributed by atoms with E-state index in [0.717, 1.165) is 0 Å². The molecule has 0 aliphatic carbocycles. The number of rotatable bonds is 0. The minimum Gasteiger partial charge on any atom is -0.472 e. The Morgan fingerprint density at radius 2 is 2.83 bits per heavy atom. The Morgan fingerprint density at radius 3 is 3.00 bits per heavy atom. The van der Waals surface area contributed by atoms with Crippen LogP contribution in [-0.2, 0) is 4.74 Å². The van der Waals surface area contributed by atoms with Gasteiger partial charge in [-0.05, 0) is 6.92 Å². The largest absolute Gasteiger partial charge is 0.472 e. The van der Waals surface area contributed by atoms with Crippen LogP contribution in [0.1, 0.15) is 6.92 Å². The fourth-order valence-electron chi connectivity index (χ4n) is 0.322. The van der Waals surface area contributed by atoms with E-state index < -0.39 is 0 Å². The fourth-order valence-corrected chi connectivity index (χ4v) is 0.322. The summed E-state index contributed by atoms with van der Waals surface area (Å²) in [5.74, 6) is 0. The average Bonchev–Trinajstić information content (AvgIpc) is 1.86. The van der Waals surface area contributed by atoms with Crippen molar-refractivity contribution in [1.29, 1.82) is 0 Å². The fraction of sp³-hybridized carbons (Fsp3) is 0.750. The minimum atomic E-state index is 0.338. The lowest BCUT2D eigenvalue weighted by Gasteiger charge is -1.87. The molecule has 2 heteroatoms. The zero-order valence-electron chi connectivity index (χ0n) is 3.64. The number of hydrogen-bond donors (Lipinski definition) is 0. The van der Waals surface area contributed by atoms with Gasteiger partial charge in [-0.25, -0.2) is 4.99 Å². The smallest absolute Gasteiger partial charge is 0.273 e. The molecule has 1 radical (unpaired) electrons. The molecule has 0 aromatic heterocycles. The van der Waals surface area contributed by atoms with Crippen molar-refractivity contribution >= 4 is 6.40 Å². The van der Waals surface area contributed by atoms with E-state index in [-0.39, 0.29) is 0 Å². The highest BCUT2D eigenvalue weighted by Crippen LogP contribution is 1.94. The van der Waals surface area contributed by atoms with Crippen molar-refractivity contribution in [3.63, 3.8) is 0 Å². The molecule has 0 saturated heterocycles. The Morgan fingerprint density at radius 1 is 2.00 bits per heavy atom. The first-order valence-electron chi connectivity index (χ1n) is 1.96. The van der Waals surface area contributed by atoms with Gasteiger partial charge in [-0.3, -0.25) is 0 Å². The maximum atomic E-state index is 4.64. The van der Waals surface area contributed by atoms with Crippen LogP contribution >= 0.6 is 0 Å². The molecule has 33 valence electrons. The first-order chi connectivity index (χ1) is 2.89. The van der Waals surface area contributed by atoms with Crippen molar-refractivity contribution in [1.82, 2.24) is 0 Å². The molecule has 1 rings (SSSR count). The van der Waals surface area contributed by atoms with Crippen molar-refractivity contribution < 1.29 is 4.74 Å². The number of nitrogens with zero attached hydrogens (tertiary/aromatic N) is 1. The van der Waals surface area contributed by atoms with Gasteiger partial charge in [0.15, 0.2) is 0 Å². The van der Waals surface area contributed by atoms with E-state index in [9.17, 15) is 0 Å². The third-order valence-electron chi connectivity index (χ3n) is 0.662. The molecule has 1 aliphatic rings. The Kier molecular flexibility index (Phi) is 0.783.